The minimum Gasteiger partial charge on any atom is -0.362 e. The molecule has 1 N–H and O–H groups in total. The molecule has 0 aliphatic heterocycles. The molecule has 7 heteroatoms. The van der Waals surface area contributed by atoms with Crippen LogP contribution < -0.4 is 5.32 Å². The van der Waals surface area contributed by atoms with Crippen LogP contribution in [0, 0.1) is 17.0 Å². The summed E-state index contributed by atoms with van der Waals surface area (Å²) in [6, 6.07) is 0.155. The van der Waals surface area contributed by atoms with E-state index < -0.39 is 0 Å². The van der Waals surface area contributed by atoms with Crippen molar-refractivity contribution in [2.75, 3.05) is 26.0 Å². The molecular formula is C13H25N5O2. The van der Waals surface area contributed by atoms with Crippen LogP contribution in [0.5, 0.6) is 0 Å². The van der Waals surface area contributed by atoms with Crippen molar-refractivity contribution in [2.45, 2.75) is 46.2 Å². The van der Waals surface area contributed by atoms with Gasteiger partial charge in [0, 0.05) is 12.6 Å². The molecule has 0 aliphatic carbocycles. The van der Waals surface area contributed by atoms with Gasteiger partial charge in [-0.3, -0.25) is 10.1 Å². The standard InChI is InChI=1S/C13H25N5O2/c1-6-8-17-13(12(18(19)20)11(3)15-17)14-10(2)7-9-16(4)5/h10,14H,6-9H2,1-5H3. The Kier molecular flexibility index (Phi) is 5.94. The number of rotatable bonds is 8. The Labute approximate surface area is 120 Å². The molecule has 0 bridgehead atoms. The van der Waals surface area contributed by atoms with Crippen LogP contribution in [0.1, 0.15) is 32.4 Å². The zero-order valence-electron chi connectivity index (χ0n) is 13.0. The van der Waals surface area contributed by atoms with E-state index in [1.165, 1.54) is 0 Å². The number of anilines is 1. The first-order valence-corrected chi connectivity index (χ1v) is 6.99. The van der Waals surface area contributed by atoms with E-state index in [1.807, 2.05) is 27.9 Å². The predicted molar refractivity (Wildman–Crippen MR) is 80.2 cm³/mol. The molecule has 1 aromatic heterocycles. The zero-order valence-corrected chi connectivity index (χ0v) is 13.0. The third-order valence-corrected chi connectivity index (χ3v) is 3.11. The summed E-state index contributed by atoms with van der Waals surface area (Å²) in [5.74, 6) is 0.528. The largest absolute Gasteiger partial charge is 0.362 e. The second-order valence-corrected chi connectivity index (χ2v) is 5.40. The van der Waals surface area contributed by atoms with Crippen LogP contribution in [-0.4, -0.2) is 46.3 Å². The van der Waals surface area contributed by atoms with E-state index in [2.05, 4.69) is 15.3 Å². The molecule has 0 aromatic carbocycles. The summed E-state index contributed by atoms with van der Waals surface area (Å²) < 4.78 is 1.71. The Balaban J connectivity index is 2.92. The maximum absolute atomic E-state index is 11.2. The molecule has 0 saturated carbocycles. The average molecular weight is 283 g/mol. The van der Waals surface area contributed by atoms with E-state index in [1.54, 1.807) is 11.6 Å². The highest BCUT2D eigenvalue weighted by molar-refractivity contribution is 5.60. The van der Waals surface area contributed by atoms with E-state index >= 15 is 0 Å². The summed E-state index contributed by atoms with van der Waals surface area (Å²) in [6.07, 6.45) is 1.81. The number of nitrogens with zero attached hydrogens (tertiary/aromatic N) is 4. The van der Waals surface area contributed by atoms with Crippen molar-refractivity contribution in [3.8, 4) is 0 Å². The van der Waals surface area contributed by atoms with Crippen LogP contribution in [0.3, 0.4) is 0 Å². The monoisotopic (exact) mass is 283 g/mol. The summed E-state index contributed by atoms with van der Waals surface area (Å²) >= 11 is 0. The maximum atomic E-state index is 11.2. The minimum atomic E-state index is -0.352. The molecule has 7 nitrogen and oxygen atoms in total. The molecule has 1 atom stereocenters. The van der Waals surface area contributed by atoms with Crippen molar-refractivity contribution in [1.82, 2.24) is 14.7 Å². The molecular weight excluding hydrogens is 258 g/mol. The molecule has 1 rings (SSSR count). The summed E-state index contributed by atoms with van der Waals surface area (Å²) in [6.45, 7) is 7.36. The van der Waals surface area contributed by atoms with Crippen molar-refractivity contribution in [2.24, 2.45) is 0 Å². The van der Waals surface area contributed by atoms with Crippen molar-refractivity contribution < 1.29 is 4.92 Å². The summed E-state index contributed by atoms with van der Waals surface area (Å²) in [5, 5.41) is 18.7. The first-order valence-electron chi connectivity index (χ1n) is 6.99. The summed E-state index contributed by atoms with van der Waals surface area (Å²) in [4.78, 5) is 13.0. The minimum absolute atomic E-state index is 0.0927. The molecule has 0 fully saturated rings. The van der Waals surface area contributed by atoms with E-state index in [4.69, 9.17) is 0 Å². The molecule has 0 amide bonds. The average Bonchev–Trinajstić information content (AvgIpc) is 2.63. The van der Waals surface area contributed by atoms with Gasteiger partial charge in [0.1, 0.15) is 5.69 Å². The molecule has 1 heterocycles. The van der Waals surface area contributed by atoms with Crippen LogP contribution in [-0.2, 0) is 6.54 Å². The van der Waals surface area contributed by atoms with Gasteiger partial charge in [-0.05, 0) is 47.3 Å². The normalized spacial score (nSPS) is 12.7. The first-order chi connectivity index (χ1) is 9.36. The third-order valence-electron chi connectivity index (χ3n) is 3.11. The van der Waals surface area contributed by atoms with Crippen molar-refractivity contribution in [3.63, 3.8) is 0 Å². The number of hydrogen-bond donors (Lipinski definition) is 1. The fourth-order valence-corrected chi connectivity index (χ4v) is 2.06. The van der Waals surface area contributed by atoms with Gasteiger partial charge in [-0.1, -0.05) is 6.92 Å². The molecule has 0 aliphatic rings. The van der Waals surface area contributed by atoms with E-state index in [0.717, 1.165) is 19.4 Å². The lowest BCUT2D eigenvalue weighted by Gasteiger charge is -2.18. The van der Waals surface area contributed by atoms with E-state index in [0.29, 0.717) is 18.1 Å². The summed E-state index contributed by atoms with van der Waals surface area (Å²) in [5.41, 5.74) is 0.556. The highest BCUT2D eigenvalue weighted by Gasteiger charge is 2.25. The fraction of sp³-hybridized carbons (Fsp3) is 0.769. The lowest BCUT2D eigenvalue weighted by molar-refractivity contribution is -0.384. The Hall–Kier alpha value is -1.63. The topological polar surface area (TPSA) is 76.2 Å². The molecule has 1 aromatic rings. The Morgan fingerprint density at radius 3 is 2.65 bits per heavy atom. The van der Waals surface area contributed by atoms with Crippen molar-refractivity contribution >= 4 is 11.5 Å². The zero-order chi connectivity index (χ0) is 15.3. The maximum Gasteiger partial charge on any atom is 0.333 e. The Morgan fingerprint density at radius 2 is 2.15 bits per heavy atom. The van der Waals surface area contributed by atoms with Crippen LogP contribution >= 0.6 is 0 Å². The van der Waals surface area contributed by atoms with Crippen LogP contribution in [0.15, 0.2) is 0 Å². The quantitative estimate of drug-likeness (QED) is 0.585. The van der Waals surface area contributed by atoms with Gasteiger partial charge in [0.2, 0.25) is 5.82 Å². The number of aromatic nitrogens is 2. The molecule has 20 heavy (non-hydrogen) atoms. The lowest BCUT2D eigenvalue weighted by Crippen LogP contribution is -2.24. The first kappa shape index (κ1) is 16.4. The van der Waals surface area contributed by atoms with Gasteiger partial charge < -0.3 is 10.2 Å². The second kappa shape index (κ2) is 7.23. The number of aryl methyl sites for hydroxylation is 2. The van der Waals surface area contributed by atoms with Gasteiger partial charge in [-0.15, -0.1) is 0 Å². The van der Waals surface area contributed by atoms with E-state index in [9.17, 15) is 10.1 Å². The Morgan fingerprint density at radius 1 is 1.50 bits per heavy atom. The van der Waals surface area contributed by atoms with Crippen molar-refractivity contribution in [1.29, 1.82) is 0 Å². The van der Waals surface area contributed by atoms with Gasteiger partial charge in [-0.2, -0.15) is 5.10 Å². The molecule has 0 saturated heterocycles. The van der Waals surface area contributed by atoms with Gasteiger partial charge in [0.05, 0.1) is 4.92 Å². The fourth-order valence-electron chi connectivity index (χ4n) is 2.06. The van der Waals surface area contributed by atoms with Crippen molar-refractivity contribution in [3.05, 3.63) is 15.8 Å². The van der Waals surface area contributed by atoms with Gasteiger partial charge in [0.25, 0.3) is 0 Å². The molecule has 0 spiro atoms. The number of hydrogen-bond acceptors (Lipinski definition) is 5. The second-order valence-electron chi connectivity index (χ2n) is 5.40. The smallest absolute Gasteiger partial charge is 0.333 e. The van der Waals surface area contributed by atoms with Gasteiger partial charge >= 0.3 is 5.69 Å². The summed E-state index contributed by atoms with van der Waals surface area (Å²) in [7, 11) is 4.03. The van der Waals surface area contributed by atoms with Gasteiger partial charge in [0.15, 0.2) is 0 Å². The molecule has 0 radical (unpaired) electrons. The number of nitro groups is 1. The van der Waals surface area contributed by atoms with Crippen LogP contribution in [0.25, 0.3) is 0 Å². The Bertz CT molecular complexity index is 456. The van der Waals surface area contributed by atoms with Crippen LogP contribution in [0.2, 0.25) is 0 Å². The lowest BCUT2D eigenvalue weighted by atomic mass is 10.2. The highest BCUT2D eigenvalue weighted by atomic mass is 16.6. The SMILES string of the molecule is CCCn1nc(C)c([N+](=O)[O-])c1NC(C)CCN(C)C. The number of nitrogens with one attached hydrogen (secondary N) is 1. The molecule has 114 valence electrons. The predicted octanol–water partition coefficient (Wildman–Crippen LogP) is 2.26. The van der Waals surface area contributed by atoms with E-state index in [-0.39, 0.29) is 16.7 Å². The third kappa shape index (κ3) is 4.19. The van der Waals surface area contributed by atoms with Gasteiger partial charge in [-0.25, -0.2) is 4.68 Å². The highest BCUT2D eigenvalue weighted by Crippen LogP contribution is 2.29. The molecule has 1 unspecified atom stereocenters. The van der Waals surface area contributed by atoms with Crippen LogP contribution in [0.4, 0.5) is 11.5 Å².